The number of hydrogen-bond donors (Lipinski definition) is 1. The molecular formula is C23H33N3O. The summed E-state index contributed by atoms with van der Waals surface area (Å²) in [6.45, 7) is 12.3. The molecule has 1 fully saturated rings. The molecule has 0 atom stereocenters. The molecule has 146 valence electrons. The Morgan fingerprint density at radius 2 is 1.81 bits per heavy atom. The third-order valence-corrected chi connectivity index (χ3v) is 5.04. The van der Waals surface area contributed by atoms with Crippen LogP contribution in [0.25, 0.3) is 0 Å². The third kappa shape index (κ3) is 6.26. The Balaban J connectivity index is 1.51. The lowest BCUT2D eigenvalue weighted by Gasteiger charge is -2.29. The Kier molecular flexibility index (Phi) is 7.55. The van der Waals surface area contributed by atoms with Crippen LogP contribution in [-0.2, 0) is 6.54 Å². The van der Waals surface area contributed by atoms with Crippen molar-refractivity contribution in [3.05, 3.63) is 59.7 Å². The molecule has 0 aliphatic carbocycles. The average Bonchev–Trinajstić information content (AvgIpc) is 2.71. The molecule has 0 spiro atoms. The predicted octanol–water partition coefficient (Wildman–Crippen LogP) is 3.70. The molecule has 1 saturated heterocycles. The van der Waals surface area contributed by atoms with Gasteiger partial charge in [-0.15, -0.1) is 0 Å². The van der Waals surface area contributed by atoms with Crippen molar-refractivity contribution in [3.63, 3.8) is 0 Å². The molecule has 1 aliphatic rings. The molecule has 1 heterocycles. The van der Waals surface area contributed by atoms with Crippen molar-refractivity contribution < 1.29 is 4.74 Å². The molecule has 2 aromatic carbocycles. The van der Waals surface area contributed by atoms with Crippen LogP contribution in [0.15, 0.2) is 48.5 Å². The summed E-state index contributed by atoms with van der Waals surface area (Å²) >= 11 is 0. The maximum atomic E-state index is 6.09. The van der Waals surface area contributed by atoms with Crippen LogP contribution >= 0.6 is 0 Å². The average molecular weight is 368 g/mol. The summed E-state index contributed by atoms with van der Waals surface area (Å²) in [6.07, 6.45) is 1.16. The monoisotopic (exact) mass is 367 g/mol. The summed E-state index contributed by atoms with van der Waals surface area (Å²) < 4.78 is 6.09. The van der Waals surface area contributed by atoms with E-state index in [4.69, 9.17) is 4.74 Å². The molecule has 27 heavy (non-hydrogen) atoms. The van der Waals surface area contributed by atoms with Crippen LogP contribution in [0.3, 0.4) is 0 Å². The van der Waals surface area contributed by atoms with Gasteiger partial charge in [0, 0.05) is 51.0 Å². The first-order chi connectivity index (χ1) is 13.2. The number of hydrogen-bond acceptors (Lipinski definition) is 4. The Bertz CT molecular complexity index is 680. The van der Waals surface area contributed by atoms with Gasteiger partial charge in [0.15, 0.2) is 0 Å². The topological polar surface area (TPSA) is 27.7 Å². The molecule has 4 heteroatoms. The normalized spacial score (nSPS) is 14.6. The lowest BCUT2D eigenvalue weighted by Crippen LogP contribution is -2.43. The van der Waals surface area contributed by atoms with E-state index in [1.54, 1.807) is 0 Å². The van der Waals surface area contributed by atoms with E-state index >= 15 is 0 Å². The SMILES string of the molecule is CCCN(CCOc1cccc(N2CCNCC2)c1)Cc1ccc(C)cc1. The lowest BCUT2D eigenvalue weighted by molar-refractivity contribution is 0.203. The second-order valence-electron chi connectivity index (χ2n) is 7.34. The van der Waals surface area contributed by atoms with Crippen LogP contribution in [-0.4, -0.2) is 50.8 Å². The highest BCUT2D eigenvalue weighted by atomic mass is 16.5. The molecule has 2 aromatic rings. The molecule has 0 bridgehead atoms. The second-order valence-corrected chi connectivity index (χ2v) is 7.34. The van der Waals surface area contributed by atoms with E-state index in [0.29, 0.717) is 0 Å². The number of anilines is 1. The zero-order chi connectivity index (χ0) is 18.9. The van der Waals surface area contributed by atoms with Gasteiger partial charge in [-0.2, -0.15) is 0 Å². The Hall–Kier alpha value is -2.04. The van der Waals surface area contributed by atoms with Crippen LogP contribution in [0, 0.1) is 6.92 Å². The zero-order valence-corrected chi connectivity index (χ0v) is 16.8. The first kappa shape index (κ1) is 19.7. The molecule has 0 unspecified atom stereocenters. The second kappa shape index (κ2) is 10.3. The molecule has 0 aromatic heterocycles. The molecule has 3 rings (SSSR count). The minimum absolute atomic E-state index is 0.719. The van der Waals surface area contributed by atoms with E-state index in [0.717, 1.165) is 64.6 Å². The highest BCUT2D eigenvalue weighted by Gasteiger charge is 2.11. The van der Waals surface area contributed by atoms with Crippen molar-refractivity contribution in [2.24, 2.45) is 0 Å². The Morgan fingerprint density at radius 3 is 2.56 bits per heavy atom. The fraction of sp³-hybridized carbons (Fsp3) is 0.478. The van der Waals surface area contributed by atoms with Crippen molar-refractivity contribution in [1.82, 2.24) is 10.2 Å². The smallest absolute Gasteiger partial charge is 0.121 e. The number of aryl methyl sites for hydroxylation is 1. The van der Waals surface area contributed by atoms with Gasteiger partial charge in [-0.05, 0) is 37.6 Å². The molecule has 1 aliphatic heterocycles. The Labute approximate surface area is 164 Å². The maximum Gasteiger partial charge on any atom is 0.121 e. The highest BCUT2D eigenvalue weighted by molar-refractivity contribution is 5.51. The minimum atomic E-state index is 0.719. The van der Waals surface area contributed by atoms with E-state index in [9.17, 15) is 0 Å². The summed E-state index contributed by atoms with van der Waals surface area (Å²) in [5.74, 6) is 0.970. The van der Waals surface area contributed by atoms with E-state index < -0.39 is 0 Å². The van der Waals surface area contributed by atoms with E-state index in [1.807, 2.05) is 0 Å². The van der Waals surface area contributed by atoms with Gasteiger partial charge in [-0.25, -0.2) is 0 Å². The van der Waals surface area contributed by atoms with Crippen LogP contribution < -0.4 is 15.0 Å². The lowest BCUT2D eigenvalue weighted by atomic mass is 10.1. The van der Waals surface area contributed by atoms with Crippen molar-refractivity contribution in [3.8, 4) is 5.75 Å². The van der Waals surface area contributed by atoms with Crippen LogP contribution in [0.4, 0.5) is 5.69 Å². The minimum Gasteiger partial charge on any atom is -0.492 e. The van der Waals surface area contributed by atoms with Crippen LogP contribution in [0.1, 0.15) is 24.5 Å². The number of ether oxygens (including phenoxy) is 1. The maximum absolute atomic E-state index is 6.09. The number of rotatable bonds is 9. The summed E-state index contributed by atoms with van der Waals surface area (Å²) in [6, 6.07) is 17.4. The number of nitrogens with one attached hydrogen (secondary N) is 1. The zero-order valence-electron chi connectivity index (χ0n) is 16.8. The van der Waals surface area contributed by atoms with Gasteiger partial charge in [-0.3, -0.25) is 4.90 Å². The van der Waals surface area contributed by atoms with Gasteiger partial charge in [0.25, 0.3) is 0 Å². The van der Waals surface area contributed by atoms with E-state index in [1.165, 1.54) is 16.8 Å². The molecule has 1 N–H and O–H groups in total. The van der Waals surface area contributed by atoms with Gasteiger partial charge in [0.05, 0.1) is 0 Å². The van der Waals surface area contributed by atoms with Crippen molar-refractivity contribution in [1.29, 1.82) is 0 Å². The number of nitrogens with zero attached hydrogens (tertiary/aromatic N) is 2. The number of benzene rings is 2. The van der Waals surface area contributed by atoms with Crippen molar-refractivity contribution in [2.45, 2.75) is 26.8 Å². The summed E-state index contributed by atoms with van der Waals surface area (Å²) in [4.78, 5) is 4.90. The van der Waals surface area contributed by atoms with Crippen molar-refractivity contribution >= 4 is 5.69 Å². The quantitative estimate of drug-likeness (QED) is 0.731. The van der Waals surface area contributed by atoms with E-state index in [-0.39, 0.29) is 0 Å². The van der Waals surface area contributed by atoms with Crippen molar-refractivity contribution in [2.75, 3.05) is 50.8 Å². The number of piperazine rings is 1. The third-order valence-electron chi connectivity index (χ3n) is 5.04. The molecule has 0 amide bonds. The fourth-order valence-electron chi connectivity index (χ4n) is 3.52. The largest absolute Gasteiger partial charge is 0.492 e. The summed E-state index contributed by atoms with van der Waals surface area (Å²) in [5, 5.41) is 3.40. The van der Waals surface area contributed by atoms with Gasteiger partial charge in [-0.1, -0.05) is 42.8 Å². The van der Waals surface area contributed by atoms with Gasteiger partial charge in [0.2, 0.25) is 0 Å². The van der Waals surface area contributed by atoms with Gasteiger partial charge >= 0.3 is 0 Å². The molecule has 0 saturated carbocycles. The van der Waals surface area contributed by atoms with Gasteiger partial charge in [0.1, 0.15) is 12.4 Å². The van der Waals surface area contributed by atoms with E-state index in [2.05, 4.69) is 77.5 Å². The molecule has 0 radical (unpaired) electrons. The predicted molar refractivity (Wildman–Crippen MR) is 114 cm³/mol. The highest BCUT2D eigenvalue weighted by Crippen LogP contribution is 2.21. The van der Waals surface area contributed by atoms with Crippen LogP contribution in [0.5, 0.6) is 5.75 Å². The molecule has 4 nitrogen and oxygen atoms in total. The first-order valence-corrected chi connectivity index (χ1v) is 10.2. The standard InChI is InChI=1S/C23H33N3O/c1-3-13-25(19-21-9-7-20(2)8-10-21)16-17-27-23-6-4-5-22(18-23)26-14-11-24-12-15-26/h4-10,18,24H,3,11-17,19H2,1-2H3. The fourth-order valence-corrected chi connectivity index (χ4v) is 3.52. The summed E-state index contributed by atoms with van der Waals surface area (Å²) in [7, 11) is 0. The van der Waals surface area contributed by atoms with Crippen LogP contribution in [0.2, 0.25) is 0 Å². The molecular weight excluding hydrogens is 334 g/mol. The van der Waals surface area contributed by atoms with Gasteiger partial charge < -0.3 is 15.0 Å². The summed E-state index contributed by atoms with van der Waals surface area (Å²) in [5.41, 5.74) is 3.95. The Morgan fingerprint density at radius 1 is 1.04 bits per heavy atom. The first-order valence-electron chi connectivity index (χ1n) is 10.2.